The molecule has 2 heterocycles. The number of carbonyl (C=O) groups excluding carboxylic acids is 2. The van der Waals surface area contributed by atoms with Gasteiger partial charge in [0.1, 0.15) is 6.33 Å². The van der Waals surface area contributed by atoms with Gasteiger partial charge in [-0.1, -0.05) is 17.7 Å². The summed E-state index contributed by atoms with van der Waals surface area (Å²) in [5.74, 6) is -0.527. The van der Waals surface area contributed by atoms with Crippen molar-refractivity contribution in [2.75, 3.05) is 13.7 Å². The van der Waals surface area contributed by atoms with Crippen LogP contribution in [0.5, 0.6) is 0 Å². The Morgan fingerprint density at radius 2 is 1.90 bits per heavy atom. The number of benzene rings is 2. The molecule has 7 heteroatoms. The minimum Gasteiger partial charge on any atom is -0.461 e. The third kappa shape index (κ3) is 3.78. The lowest BCUT2D eigenvalue weighted by molar-refractivity contribution is -0.597. The van der Waals surface area contributed by atoms with Crippen molar-refractivity contribution in [2.45, 2.75) is 20.4 Å². The number of fused-ring (bicyclic) bond motifs is 3. The number of halogens is 1. The first kappa shape index (κ1) is 19.6. The predicted octanol–water partition coefficient (Wildman–Crippen LogP) is 0.0714. The number of nitrogens with zero attached hydrogens (tertiary/aromatic N) is 3. The van der Waals surface area contributed by atoms with Gasteiger partial charge in [-0.25, -0.2) is 9.78 Å². The SMILES string of the molecule is CCOC(=O)c1ncn2c1CN(C)C(=O)c1cc([I+]c3ccc(C)cc3)ccc1-2. The molecule has 3 aromatic rings. The molecule has 0 bridgehead atoms. The lowest BCUT2D eigenvalue weighted by Gasteiger charge is -2.14. The van der Waals surface area contributed by atoms with Crippen molar-refractivity contribution in [2.24, 2.45) is 0 Å². The minimum absolute atomic E-state index is 0.0618. The van der Waals surface area contributed by atoms with Gasteiger partial charge in [0.15, 0.2) is 12.8 Å². The van der Waals surface area contributed by atoms with E-state index in [0.29, 0.717) is 17.8 Å². The van der Waals surface area contributed by atoms with Gasteiger partial charge in [-0.3, -0.25) is 9.36 Å². The van der Waals surface area contributed by atoms with Gasteiger partial charge in [-0.15, -0.1) is 0 Å². The molecule has 0 N–H and O–H groups in total. The van der Waals surface area contributed by atoms with Crippen LogP contribution in [0.1, 0.15) is 39.0 Å². The fourth-order valence-electron chi connectivity index (χ4n) is 3.28. The molecule has 0 saturated carbocycles. The number of ether oxygens (including phenoxy) is 1. The Morgan fingerprint density at radius 1 is 1.17 bits per heavy atom. The molecule has 4 rings (SSSR count). The van der Waals surface area contributed by atoms with Crippen LogP contribution in [0.25, 0.3) is 5.69 Å². The average molecular weight is 502 g/mol. The van der Waals surface area contributed by atoms with Gasteiger partial charge in [-0.05, 0) is 38.1 Å². The molecule has 0 fully saturated rings. The van der Waals surface area contributed by atoms with Gasteiger partial charge in [-0.2, -0.15) is 0 Å². The molecule has 1 aliphatic rings. The molecule has 0 saturated heterocycles. The molecule has 0 atom stereocenters. The van der Waals surface area contributed by atoms with Gasteiger partial charge in [0.05, 0.1) is 30.1 Å². The lowest BCUT2D eigenvalue weighted by Crippen LogP contribution is -3.61. The van der Waals surface area contributed by atoms with E-state index in [4.69, 9.17) is 4.74 Å². The maximum Gasteiger partial charge on any atom is 0.358 e. The lowest BCUT2D eigenvalue weighted by atomic mass is 10.1. The molecule has 1 aliphatic heterocycles. The van der Waals surface area contributed by atoms with Crippen LogP contribution in [0.15, 0.2) is 48.8 Å². The largest absolute Gasteiger partial charge is 0.461 e. The zero-order chi connectivity index (χ0) is 20.5. The van der Waals surface area contributed by atoms with Crippen LogP contribution in [-0.4, -0.2) is 40.0 Å². The van der Waals surface area contributed by atoms with E-state index in [1.165, 1.54) is 12.7 Å². The Balaban J connectivity index is 1.75. The van der Waals surface area contributed by atoms with E-state index < -0.39 is 27.2 Å². The second-order valence-corrected chi connectivity index (χ2v) is 9.87. The highest BCUT2D eigenvalue weighted by molar-refractivity contribution is 5.98. The van der Waals surface area contributed by atoms with Crippen LogP contribution in [0.2, 0.25) is 0 Å². The maximum atomic E-state index is 13.0. The van der Waals surface area contributed by atoms with Crippen LogP contribution in [0.4, 0.5) is 0 Å². The second-order valence-electron chi connectivity index (χ2n) is 6.84. The molecular formula is C22H21IN3O3+. The van der Waals surface area contributed by atoms with E-state index in [9.17, 15) is 9.59 Å². The quantitative estimate of drug-likeness (QED) is 0.375. The highest BCUT2D eigenvalue weighted by Gasteiger charge is 2.30. The molecule has 148 valence electrons. The summed E-state index contributed by atoms with van der Waals surface area (Å²) in [5.41, 5.74) is 3.54. The standard InChI is InChI=1S/C22H21IN3O3/c1-4-29-22(28)20-19-12-25(3)21(27)17-11-16(9-10-18(17)26(19)13-24-20)23-15-7-5-14(2)6-8-15/h5-11,13H,4,12H2,1-3H3/q+1. The first-order valence-electron chi connectivity index (χ1n) is 9.32. The molecule has 1 aromatic heterocycles. The van der Waals surface area contributed by atoms with Gasteiger partial charge in [0, 0.05) is 13.1 Å². The summed E-state index contributed by atoms with van der Waals surface area (Å²) in [5, 5.41) is 0. The van der Waals surface area contributed by atoms with E-state index in [1.807, 2.05) is 16.7 Å². The van der Waals surface area contributed by atoms with Gasteiger partial charge in [0.2, 0.25) is 0 Å². The van der Waals surface area contributed by atoms with Crippen LogP contribution in [0, 0.1) is 14.1 Å². The number of hydrogen-bond acceptors (Lipinski definition) is 4. The Morgan fingerprint density at radius 3 is 2.62 bits per heavy atom. The maximum absolute atomic E-state index is 13.0. The van der Waals surface area contributed by atoms with Crippen molar-refractivity contribution >= 4 is 11.9 Å². The fraction of sp³-hybridized carbons (Fsp3) is 0.227. The van der Waals surface area contributed by atoms with Crippen molar-refractivity contribution in [3.63, 3.8) is 0 Å². The second kappa shape index (κ2) is 7.98. The normalized spacial score (nSPS) is 12.9. The molecule has 29 heavy (non-hydrogen) atoms. The third-order valence-corrected chi connectivity index (χ3v) is 7.38. The molecule has 0 unspecified atom stereocenters. The number of aryl methyl sites for hydroxylation is 1. The van der Waals surface area contributed by atoms with Crippen molar-refractivity contribution in [3.8, 4) is 5.69 Å². The van der Waals surface area contributed by atoms with Crippen LogP contribution in [-0.2, 0) is 11.3 Å². The summed E-state index contributed by atoms with van der Waals surface area (Å²) >= 11 is -0.392. The third-order valence-electron chi connectivity index (χ3n) is 4.75. The van der Waals surface area contributed by atoms with Crippen molar-refractivity contribution in [1.29, 1.82) is 0 Å². The first-order chi connectivity index (χ1) is 14.0. The van der Waals surface area contributed by atoms with Gasteiger partial charge < -0.3 is 9.64 Å². The number of rotatable bonds is 4. The first-order valence-corrected chi connectivity index (χ1v) is 11.5. The number of amides is 1. The molecular weight excluding hydrogens is 481 g/mol. The van der Waals surface area contributed by atoms with Crippen LogP contribution in [0.3, 0.4) is 0 Å². The van der Waals surface area contributed by atoms with E-state index in [1.54, 1.807) is 25.2 Å². The van der Waals surface area contributed by atoms with Crippen LogP contribution >= 0.6 is 0 Å². The summed E-state index contributed by atoms with van der Waals surface area (Å²) in [6, 6.07) is 14.6. The van der Waals surface area contributed by atoms with E-state index in [-0.39, 0.29) is 18.2 Å². The number of carbonyl (C=O) groups is 2. The Labute approximate surface area is 179 Å². The molecule has 0 aliphatic carbocycles. The average Bonchev–Trinajstić information content (AvgIpc) is 3.08. The zero-order valence-corrected chi connectivity index (χ0v) is 18.6. The smallest absolute Gasteiger partial charge is 0.358 e. The summed E-state index contributed by atoms with van der Waals surface area (Å²) in [7, 11) is 1.74. The highest BCUT2D eigenvalue weighted by Crippen LogP contribution is 2.25. The van der Waals surface area contributed by atoms with E-state index >= 15 is 0 Å². The Kier molecular flexibility index (Phi) is 5.40. The van der Waals surface area contributed by atoms with E-state index in [0.717, 1.165) is 5.69 Å². The summed E-state index contributed by atoms with van der Waals surface area (Å²) in [6.07, 6.45) is 1.60. The summed E-state index contributed by atoms with van der Waals surface area (Å²) in [4.78, 5) is 31.2. The number of esters is 1. The summed E-state index contributed by atoms with van der Waals surface area (Å²) < 4.78 is 9.42. The Bertz CT molecular complexity index is 1090. The monoisotopic (exact) mass is 502 g/mol. The molecule has 0 radical (unpaired) electrons. The van der Waals surface area contributed by atoms with Gasteiger partial charge >= 0.3 is 27.2 Å². The molecule has 2 aromatic carbocycles. The summed E-state index contributed by atoms with van der Waals surface area (Å²) in [6.45, 7) is 4.41. The van der Waals surface area contributed by atoms with Crippen LogP contribution < -0.4 is 21.2 Å². The number of aromatic nitrogens is 2. The zero-order valence-electron chi connectivity index (χ0n) is 16.5. The predicted molar refractivity (Wildman–Crippen MR) is 104 cm³/mol. The minimum atomic E-state index is -0.465. The Hall–Kier alpha value is -2.68. The highest BCUT2D eigenvalue weighted by atomic mass is 127. The van der Waals surface area contributed by atoms with E-state index in [2.05, 4.69) is 42.2 Å². The fourth-order valence-corrected chi connectivity index (χ4v) is 5.54. The van der Waals surface area contributed by atoms with Crippen molar-refractivity contribution in [1.82, 2.24) is 14.5 Å². The molecule has 6 nitrogen and oxygen atoms in total. The van der Waals surface area contributed by atoms with Gasteiger partial charge in [0.25, 0.3) is 5.91 Å². The number of hydrogen-bond donors (Lipinski definition) is 0. The topological polar surface area (TPSA) is 64.4 Å². The van der Waals surface area contributed by atoms with Crippen molar-refractivity contribution in [3.05, 3.63) is 78.4 Å². The molecule has 0 spiro atoms. The molecule has 1 amide bonds. The van der Waals surface area contributed by atoms with Crippen molar-refractivity contribution < 1.29 is 35.5 Å². The number of imidazole rings is 1.